The highest BCUT2D eigenvalue weighted by atomic mass is 16.5. The summed E-state index contributed by atoms with van der Waals surface area (Å²) < 4.78 is 5.47. The summed E-state index contributed by atoms with van der Waals surface area (Å²) in [6, 6.07) is 8.49. The Kier molecular flexibility index (Phi) is 3.65. The van der Waals surface area contributed by atoms with Crippen LogP contribution in [-0.2, 0) is 6.42 Å². The van der Waals surface area contributed by atoms with Gasteiger partial charge < -0.3 is 4.74 Å². The van der Waals surface area contributed by atoms with E-state index in [-0.39, 0.29) is 6.04 Å². The van der Waals surface area contributed by atoms with Crippen molar-refractivity contribution >= 4 is 0 Å². The van der Waals surface area contributed by atoms with Crippen molar-refractivity contribution in [2.75, 3.05) is 6.61 Å². The molecular weight excluding hydrogens is 212 g/mol. The molecule has 1 aromatic carbocycles. The Labute approximate surface area is 102 Å². The molecule has 1 heterocycles. The summed E-state index contributed by atoms with van der Waals surface area (Å²) in [4.78, 5) is 0. The van der Waals surface area contributed by atoms with Crippen LogP contribution in [0.3, 0.4) is 0 Å². The fraction of sp³-hybridized carbons (Fsp3) is 0.500. The van der Waals surface area contributed by atoms with Gasteiger partial charge in [-0.15, -0.1) is 0 Å². The van der Waals surface area contributed by atoms with Crippen molar-refractivity contribution in [3.05, 3.63) is 29.3 Å². The lowest BCUT2D eigenvalue weighted by atomic mass is 10.0. The first kappa shape index (κ1) is 11.9. The van der Waals surface area contributed by atoms with Gasteiger partial charge >= 0.3 is 0 Å². The van der Waals surface area contributed by atoms with Gasteiger partial charge in [0, 0.05) is 12.5 Å². The zero-order valence-corrected chi connectivity index (χ0v) is 10.4. The lowest BCUT2D eigenvalue weighted by Gasteiger charge is -2.17. The van der Waals surface area contributed by atoms with Crippen LogP contribution in [0.15, 0.2) is 18.2 Å². The molecule has 3 nitrogen and oxygen atoms in total. The van der Waals surface area contributed by atoms with Crippen molar-refractivity contribution in [2.24, 2.45) is 0 Å². The quantitative estimate of drug-likeness (QED) is 0.864. The topological polar surface area (TPSA) is 45.0 Å². The van der Waals surface area contributed by atoms with Crippen molar-refractivity contribution in [3.63, 3.8) is 0 Å². The maximum absolute atomic E-state index is 9.23. The zero-order valence-electron chi connectivity index (χ0n) is 10.4. The molecule has 1 aromatic rings. The van der Waals surface area contributed by atoms with Gasteiger partial charge in [-0.3, -0.25) is 5.32 Å². The van der Waals surface area contributed by atoms with E-state index in [0.717, 1.165) is 30.8 Å². The second-order valence-electron chi connectivity index (χ2n) is 4.50. The summed E-state index contributed by atoms with van der Waals surface area (Å²) in [5, 5.41) is 12.6. The SMILES string of the molecule is CCC(C)NC(C#N)c1ccc2c(c1)CCO2. The maximum atomic E-state index is 9.23. The Morgan fingerprint density at radius 1 is 1.53 bits per heavy atom. The van der Waals surface area contributed by atoms with Gasteiger partial charge in [0.1, 0.15) is 11.8 Å². The number of fused-ring (bicyclic) bond motifs is 1. The Bertz CT molecular complexity index is 436. The van der Waals surface area contributed by atoms with Crippen LogP contribution in [0.5, 0.6) is 5.75 Å². The van der Waals surface area contributed by atoms with Gasteiger partial charge in [0.05, 0.1) is 12.7 Å². The smallest absolute Gasteiger partial charge is 0.122 e. The highest BCUT2D eigenvalue weighted by Crippen LogP contribution is 2.28. The number of nitriles is 1. The van der Waals surface area contributed by atoms with Gasteiger partial charge in [-0.05, 0) is 36.6 Å². The maximum Gasteiger partial charge on any atom is 0.122 e. The third-order valence-corrected chi connectivity index (χ3v) is 3.24. The molecule has 90 valence electrons. The van der Waals surface area contributed by atoms with E-state index < -0.39 is 0 Å². The van der Waals surface area contributed by atoms with Crippen LogP contribution in [0.25, 0.3) is 0 Å². The van der Waals surface area contributed by atoms with Gasteiger partial charge in [-0.2, -0.15) is 5.26 Å². The zero-order chi connectivity index (χ0) is 12.3. The van der Waals surface area contributed by atoms with E-state index in [1.54, 1.807) is 0 Å². The molecule has 0 amide bonds. The lowest BCUT2D eigenvalue weighted by Crippen LogP contribution is -2.29. The average Bonchev–Trinajstić information content (AvgIpc) is 2.82. The van der Waals surface area contributed by atoms with Gasteiger partial charge in [-0.25, -0.2) is 0 Å². The number of rotatable bonds is 4. The molecule has 0 aliphatic carbocycles. The predicted molar refractivity (Wildman–Crippen MR) is 66.9 cm³/mol. The second-order valence-corrected chi connectivity index (χ2v) is 4.50. The minimum Gasteiger partial charge on any atom is -0.493 e. The monoisotopic (exact) mass is 230 g/mol. The average molecular weight is 230 g/mol. The molecule has 0 fully saturated rings. The van der Waals surface area contributed by atoms with Crippen LogP contribution < -0.4 is 10.1 Å². The van der Waals surface area contributed by atoms with Crippen LogP contribution in [0.2, 0.25) is 0 Å². The fourth-order valence-corrected chi connectivity index (χ4v) is 2.00. The molecule has 2 unspecified atom stereocenters. The highest BCUT2D eigenvalue weighted by molar-refractivity contribution is 5.41. The van der Waals surface area contributed by atoms with Gasteiger partial charge in [0.25, 0.3) is 0 Å². The molecule has 0 aromatic heterocycles. The first-order valence-corrected chi connectivity index (χ1v) is 6.16. The van der Waals surface area contributed by atoms with E-state index >= 15 is 0 Å². The van der Waals surface area contributed by atoms with Crippen LogP contribution in [0, 0.1) is 11.3 Å². The minimum atomic E-state index is -0.226. The standard InChI is InChI=1S/C14H18N2O/c1-3-10(2)16-13(9-15)11-4-5-14-12(8-11)6-7-17-14/h4-5,8,10,13,16H,3,6-7H2,1-2H3. The summed E-state index contributed by atoms with van der Waals surface area (Å²) in [5.74, 6) is 0.967. The molecule has 0 saturated heterocycles. The molecule has 2 atom stereocenters. The second kappa shape index (κ2) is 5.20. The number of nitrogens with one attached hydrogen (secondary N) is 1. The normalized spacial score (nSPS) is 16.8. The fourth-order valence-electron chi connectivity index (χ4n) is 2.00. The summed E-state index contributed by atoms with van der Waals surface area (Å²) in [7, 11) is 0. The van der Waals surface area contributed by atoms with Crippen molar-refractivity contribution in [2.45, 2.75) is 38.8 Å². The van der Waals surface area contributed by atoms with E-state index in [2.05, 4.69) is 31.3 Å². The largest absolute Gasteiger partial charge is 0.493 e. The van der Waals surface area contributed by atoms with Crippen LogP contribution in [-0.4, -0.2) is 12.6 Å². The number of ether oxygens (including phenoxy) is 1. The van der Waals surface area contributed by atoms with Gasteiger partial charge in [0.2, 0.25) is 0 Å². The van der Waals surface area contributed by atoms with Crippen LogP contribution in [0.1, 0.15) is 37.4 Å². The molecule has 1 N–H and O–H groups in total. The summed E-state index contributed by atoms with van der Waals surface area (Å²) >= 11 is 0. The van der Waals surface area contributed by atoms with Crippen molar-refractivity contribution < 1.29 is 4.74 Å². The predicted octanol–water partition coefficient (Wildman–Crippen LogP) is 2.57. The molecule has 1 aliphatic rings. The first-order chi connectivity index (χ1) is 8.24. The van der Waals surface area contributed by atoms with Crippen LogP contribution >= 0.6 is 0 Å². The molecule has 0 spiro atoms. The van der Waals surface area contributed by atoms with Crippen molar-refractivity contribution in [1.29, 1.82) is 5.26 Å². The van der Waals surface area contributed by atoms with Gasteiger partial charge in [0.15, 0.2) is 0 Å². The van der Waals surface area contributed by atoms with E-state index in [9.17, 15) is 5.26 Å². The molecule has 17 heavy (non-hydrogen) atoms. The number of benzene rings is 1. The molecule has 0 radical (unpaired) electrons. The van der Waals surface area contributed by atoms with Gasteiger partial charge in [-0.1, -0.05) is 13.0 Å². The van der Waals surface area contributed by atoms with E-state index in [1.807, 2.05) is 12.1 Å². The molecule has 1 aliphatic heterocycles. The van der Waals surface area contributed by atoms with E-state index in [1.165, 1.54) is 5.56 Å². The minimum absolute atomic E-state index is 0.226. The Morgan fingerprint density at radius 2 is 2.35 bits per heavy atom. The molecular formula is C14H18N2O. The Morgan fingerprint density at radius 3 is 3.06 bits per heavy atom. The Hall–Kier alpha value is -1.53. The van der Waals surface area contributed by atoms with Crippen LogP contribution in [0.4, 0.5) is 0 Å². The molecule has 3 heteroatoms. The number of nitrogens with zero attached hydrogens (tertiary/aromatic N) is 1. The molecule has 2 rings (SSSR count). The molecule has 0 bridgehead atoms. The third kappa shape index (κ3) is 2.59. The summed E-state index contributed by atoms with van der Waals surface area (Å²) in [5.41, 5.74) is 2.26. The summed E-state index contributed by atoms with van der Waals surface area (Å²) in [6.07, 6.45) is 1.97. The number of hydrogen-bond acceptors (Lipinski definition) is 3. The number of hydrogen-bond donors (Lipinski definition) is 1. The first-order valence-electron chi connectivity index (χ1n) is 6.16. The molecule has 0 saturated carbocycles. The van der Waals surface area contributed by atoms with E-state index in [0.29, 0.717) is 6.04 Å². The summed E-state index contributed by atoms with van der Waals surface area (Å²) in [6.45, 7) is 4.97. The van der Waals surface area contributed by atoms with Crippen molar-refractivity contribution in [1.82, 2.24) is 5.32 Å². The highest BCUT2D eigenvalue weighted by Gasteiger charge is 2.17. The van der Waals surface area contributed by atoms with Crippen molar-refractivity contribution in [3.8, 4) is 11.8 Å². The lowest BCUT2D eigenvalue weighted by molar-refractivity contribution is 0.356. The Balaban J connectivity index is 2.17. The third-order valence-electron chi connectivity index (χ3n) is 3.24. The van der Waals surface area contributed by atoms with E-state index in [4.69, 9.17) is 4.74 Å².